The highest BCUT2D eigenvalue weighted by Crippen LogP contribution is 2.10. The van der Waals surface area contributed by atoms with E-state index in [-0.39, 0.29) is 18.2 Å². The van der Waals surface area contributed by atoms with Crippen LogP contribution in [0, 0.1) is 0 Å². The summed E-state index contributed by atoms with van der Waals surface area (Å²) in [5.41, 5.74) is 5.67. The molecule has 0 saturated heterocycles. The maximum Gasteiger partial charge on any atom is 0.217 e. The third-order valence-electron chi connectivity index (χ3n) is 2.66. The highest BCUT2D eigenvalue weighted by molar-refractivity contribution is 4.59. The van der Waals surface area contributed by atoms with Gasteiger partial charge in [0.05, 0.1) is 19.3 Å². The van der Waals surface area contributed by atoms with Crippen molar-refractivity contribution in [1.82, 2.24) is 0 Å². The van der Waals surface area contributed by atoms with Gasteiger partial charge in [-0.25, -0.2) is 9.78 Å². The van der Waals surface area contributed by atoms with Crippen LogP contribution in [-0.2, 0) is 19.2 Å². The van der Waals surface area contributed by atoms with E-state index in [9.17, 15) is 0 Å². The Labute approximate surface area is 124 Å². The summed E-state index contributed by atoms with van der Waals surface area (Å²) >= 11 is 0. The van der Waals surface area contributed by atoms with E-state index in [2.05, 4.69) is 6.92 Å². The summed E-state index contributed by atoms with van der Waals surface area (Å²) in [5.74, 6) is 0. The number of hydrogen-bond donors (Lipinski definition) is 1. The Hall–Kier alpha value is -0.200. The maximum absolute atomic E-state index is 5.67. The van der Waals surface area contributed by atoms with Crippen LogP contribution in [0.15, 0.2) is 0 Å². The quantitative estimate of drug-likeness (QED) is 0.244. The highest BCUT2D eigenvalue weighted by atomic mass is 17.2. The smallest absolute Gasteiger partial charge is 0.217 e. The van der Waals surface area contributed by atoms with E-state index in [4.69, 9.17) is 25.0 Å². The van der Waals surface area contributed by atoms with E-state index >= 15 is 0 Å². The molecule has 0 saturated carbocycles. The number of unbranched alkanes of at least 4 members (excludes halogenated alkanes) is 3. The van der Waals surface area contributed by atoms with E-state index in [0.717, 1.165) is 12.8 Å². The molecule has 0 aromatic rings. The van der Waals surface area contributed by atoms with E-state index in [1.54, 1.807) is 0 Å². The Morgan fingerprint density at radius 2 is 1.70 bits per heavy atom. The van der Waals surface area contributed by atoms with Crippen LogP contribution in [0.1, 0.15) is 60.3 Å². The molecule has 0 radical (unpaired) electrons. The van der Waals surface area contributed by atoms with E-state index in [1.807, 2.05) is 27.7 Å². The van der Waals surface area contributed by atoms with Crippen LogP contribution in [0.4, 0.5) is 0 Å². The van der Waals surface area contributed by atoms with Gasteiger partial charge >= 0.3 is 0 Å². The highest BCUT2D eigenvalue weighted by Gasteiger charge is 2.22. The molecule has 0 aromatic carbocycles. The zero-order valence-corrected chi connectivity index (χ0v) is 13.8. The Bertz CT molecular complexity index is 212. The fourth-order valence-corrected chi connectivity index (χ4v) is 1.56. The Morgan fingerprint density at radius 1 is 1.00 bits per heavy atom. The zero-order valence-electron chi connectivity index (χ0n) is 13.8. The van der Waals surface area contributed by atoms with Crippen molar-refractivity contribution in [2.75, 3.05) is 13.2 Å². The van der Waals surface area contributed by atoms with E-state index < -0.39 is 6.29 Å². The number of hydrogen-bond acceptors (Lipinski definition) is 5. The molecule has 20 heavy (non-hydrogen) atoms. The number of ether oxygens (including phenoxy) is 2. The second-order valence-electron chi connectivity index (χ2n) is 5.55. The molecule has 122 valence electrons. The van der Waals surface area contributed by atoms with Gasteiger partial charge in [0, 0.05) is 6.04 Å². The largest absolute Gasteiger partial charge is 0.372 e. The van der Waals surface area contributed by atoms with Crippen molar-refractivity contribution in [3.05, 3.63) is 0 Å². The van der Waals surface area contributed by atoms with Crippen LogP contribution < -0.4 is 5.73 Å². The van der Waals surface area contributed by atoms with Crippen LogP contribution >= 0.6 is 0 Å². The molecule has 2 N–H and O–H groups in total. The van der Waals surface area contributed by atoms with Gasteiger partial charge in [0.25, 0.3) is 0 Å². The maximum atomic E-state index is 5.67. The second-order valence-corrected chi connectivity index (χ2v) is 5.55. The molecule has 5 nitrogen and oxygen atoms in total. The summed E-state index contributed by atoms with van der Waals surface area (Å²) in [7, 11) is 0. The first kappa shape index (κ1) is 19.8. The minimum atomic E-state index is -0.528. The molecule has 0 heterocycles. The monoisotopic (exact) mass is 291 g/mol. The van der Waals surface area contributed by atoms with Gasteiger partial charge in [-0.1, -0.05) is 26.2 Å². The first-order chi connectivity index (χ1) is 9.47. The summed E-state index contributed by atoms with van der Waals surface area (Å²) in [5, 5.41) is 0. The minimum absolute atomic E-state index is 0.00730. The lowest BCUT2D eigenvalue weighted by molar-refractivity contribution is -0.401. The summed E-state index contributed by atoms with van der Waals surface area (Å²) in [6.07, 6.45) is 3.89. The van der Waals surface area contributed by atoms with Crippen LogP contribution in [0.25, 0.3) is 0 Å². The van der Waals surface area contributed by atoms with Crippen molar-refractivity contribution in [3.8, 4) is 0 Å². The SMILES string of the molecule is CCCCCCOOC(OC(C)C)C(C)OCC(C)N. The standard InChI is InChI=1S/C15H33NO4/c1-6-7-8-9-10-18-20-15(19-12(2)3)14(5)17-11-13(4)16/h12-15H,6-11,16H2,1-5H3. The van der Waals surface area contributed by atoms with Gasteiger partial charge in [-0.2, -0.15) is 0 Å². The molecule has 3 unspecified atom stereocenters. The lowest BCUT2D eigenvalue weighted by Gasteiger charge is -2.25. The van der Waals surface area contributed by atoms with Crippen LogP contribution in [0.3, 0.4) is 0 Å². The lowest BCUT2D eigenvalue weighted by Crippen LogP contribution is -2.36. The third-order valence-corrected chi connectivity index (χ3v) is 2.66. The molecule has 0 amide bonds. The Morgan fingerprint density at radius 3 is 2.25 bits per heavy atom. The second kappa shape index (κ2) is 12.5. The first-order valence-electron chi connectivity index (χ1n) is 7.78. The molecule has 0 spiro atoms. The summed E-state index contributed by atoms with van der Waals surface area (Å²) in [6.45, 7) is 10.9. The molecular weight excluding hydrogens is 258 g/mol. The molecule has 0 aliphatic rings. The van der Waals surface area contributed by atoms with Gasteiger partial charge in [-0.05, 0) is 34.1 Å². The molecule has 0 aromatic heterocycles. The van der Waals surface area contributed by atoms with Crippen molar-refractivity contribution in [3.63, 3.8) is 0 Å². The Balaban J connectivity index is 3.94. The summed E-state index contributed by atoms with van der Waals surface area (Å²) < 4.78 is 11.3. The summed E-state index contributed by atoms with van der Waals surface area (Å²) in [6, 6.07) is -0.00730. The topological polar surface area (TPSA) is 62.9 Å². The van der Waals surface area contributed by atoms with Crippen molar-refractivity contribution in [2.45, 2.75) is 84.8 Å². The van der Waals surface area contributed by atoms with Gasteiger partial charge in [0.2, 0.25) is 6.29 Å². The zero-order chi connectivity index (χ0) is 15.4. The van der Waals surface area contributed by atoms with Gasteiger partial charge in [-0.3, -0.25) is 0 Å². The van der Waals surface area contributed by atoms with Crippen LogP contribution in [0.2, 0.25) is 0 Å². The van der Waals surface area contributed by atoms with Gasteiger partial charge in [0.15, 0.2) is 0 Å². The van der Waals surface area contributed by atoms with E-state index in [0.29, 0.717) is 13.2 Å². The van der Waals surface area contributed by atoms with Gasteiger partial charge < -0.3 is 15.2 Å². The fourth-order valence-electron chi connectivity index (χ4n) is 1.56. The Kier molecular flexibility index (Phi) is 12.4. The van der Waals surface area contributed by atoms with E-state index in [1.165, 1.54) is 12.8 Å². The molecule has 5 heteroatoms. The molecule has 0 fully saturated rings. The molecule has 0 aliphatic carbocycles. The normalized spacial score (nSPS) is 16.4. The molecule has 3 atom stereocenters. The average Bonchev–Trinajstić information content (AvgIpc) is 2.38. The number of nitrogens with two attached hydrogens (primary N) is 1. The predicted molar refractivity (Wildman–Crippen MR) is 80.3 cm³/mol. The van der Waals surface area contributed by atoms with Gasteiger partial charge in [0.1, 0.15) is 6.10 Å². The average molecular weight is 291 g/mol. The number of rotatable bonds is 13. The molecule has 0 bridgehead atoms. The van der Waals surface area contributed by atoms with Crippen LogP contribution in [-0.4, -0.2) is 37.8 Å². The lowest BCUT2D eigenvalue weighted by atomic mass is 10.2. The summed E-state index contributed by atoms with van der Waals surface area (Å²) in [4.78, 5) is 10.6. The first-order valence-corrected chi connectivity index (χ1v) is 7.78. The minimum Gasteiger partial charge on any atom is -0.372 e. The van der Waals surface area contributed by atoms with Crippen LogP contribution in [0.5, 0.6) is 0 Å². The molecule has 0 rings (SSSR count). The fraction of sp³-hybridized carbons (Fsp3) is 1.00. The predicted octanol–water partition coefficient (Wildman–Crippen LogP) is 3.02. The third kappa shape index (κ3) is 11.6. The van der Waals surface area contributed by atoms with Gasteiger partial charge in [-0.15, -0.1) is 0 Å². The van der Waals surface area contributed by atoms with Crippen molar-refractivity contribution in [1.29, 1.82) is 0 Å². The van der Waals surface area contributed by atoms with Crippen molar-refractivity contribution >= 4 is 0 Å². The molecule has 0 aliphatic heterocycles. The van der Waals surface area contributed by atoms with Crippen molar-refractivity contribution in [2.24, 2.45) is 5.73 Å². The van der Waals surface area contributed by atoms with Crippen molar-refractivity contribution < 1.29 is 19.2 Å². The molecular formula is C15H33NO4.